The summed E-state index contributed by atoms with van der Waals surface area (Å²) in [4.78, 5) is 26.8. The third-order valence-corrected chi connectivity index (χ3v) is 4.82. The van der Waals surface area contributed by atoms with Crippen molar-refractivity contribution < 1.29 is 19.1 Å². The van der Waals surface area contributed by atoms with Crippen molar-refractivity contribution in [2.75, 3.05) is 13.2 Å². The predicted molar refractivity (Wildman–Crippen MR) is 81.0 cm³/mol. The molecule has 1 aliphatic heterocycles. The van der Waals surface area contributed by atoms with Gasteiger partial charge in [0.25, 0.3) is 5.91 Å². The second-order valence-electron chi connectivity index (χ2n) is 7.27. The number of aliphatic hydroxyl groups excluding tert-OH is 1. The topological polar surface area (TPSA) is 70.8 Å². The molecule has 1 N–H and O–H groups in total. The third kappa shape index (κ3) is 2.37. The summed E-state index contributed by atoms with van der Waals surface area (Å²) in [5.41, 5.74) is 1.13. The molecule has 1 aliphatic carbocycles. The van der Waals surface area contributed by atoms with Gasteiger partial charge in [0.1, 0.15) is 5.76 Å². The van der Waals surface area contributed by atoms with Crippen LogP contribution in [0.2, 0.25) is 0 Å². The Morgan fingerprint density at radius 2 is 2.14 bits per heavy atom. The molecular weight excluding hydrogens is 282 g/mol. The Balaban J connectivity index is 1.97. The van der Waals surface area contributed by atoms with Crippen LogP contribution >= 0.6 is 0 Å². The Bertz CT molecular complexity index is 629. The van der Waals surface area contributed by atoms with Crippen LogP contribution in [-0.4, -0.2) is 40.9 Å². The van der Waals surface area contributed by atoms with Gasteiger partial charge in [-0.15, -0.1) is 0 Å². The van der Waals surface area contributed by atoms with E-state index in [1.54, 1.807) is 11.8 Å². The van der Waals surface area contributed by atoms with Crippen LogP contribution in [0.3, 0.4) is 0 Å². The minimum Gasteiger partial charge on any atom is -0.455 e. The van der Waals surface area contributed by atoms with E-state index in [-0.39, 0.29) is 35.5 Å². The zero-order valence-electron chi connectivity index (χ0n) is 13.4. The number of amides is 1. The zero-order valence-corrected chi connectivity index (χ0v) is 13.4. The Morgan fingerprint density at radius 1 is 1.41 bits per heavy atom. The quantitative estimate of drug-likeness (QED) is 0.910. The summed E-state index contributed by atoms with van der Waals surface area (Å²) in [6, 6.07) is -0.138. The second-order valence-corrected chi connectivity index (χ2v) is 7.27. The van der Waals surface area contributed by atoms with E-state index in [4.69, 9.17) is 4.42 Å². The molecule has 1 saturated heterocycles. The Labute approximate surface area is 130 Å². The van der Waals surface area contributed by atoms with Gasteiger partial charge >= 0.3 is 0 Å². The minimum absolute atomic E-state index is 0.0306. The van der Waals surface area contributed by atoms with E-state index in [0.717, 1.165) is 12.8 Å². The van der Waals surface area contributed by atoms with Gasteiger partial charge in [-0.3, -0.25) is 9.59 Å². The lowest BCUT2D eigenvalue weighted by Crippen LogP contribution is -2.37. The number of hydrogen-bond acceptors (Lipinski definition) is 4. The Kier molecular flexibility index (Phi) is 3.63. The number of fused-ring (bicyclic) bond motifs is 1. The highest BCUT2D eigenvalue weighted by Gasteiger charge is 2.39. The van der Waals surface area contributed by atoms with E-state index >= 15 is 0 Å². The molecule has 1 amide bonds. The standard InChI is InChI=1S/C17H23NO4/c1-10-14-12(20)7-17(2,3)8-13(14)22-15(10)16(21)18-6-4-5-11(18)9-19/h11,19H,4-9H2,1-3H3/t11-/m1/s1. The van der Waals surface area contributed by atoms with E-state index in [1.807, 2.05) is 13.8 Å². The molecule has 0 spiro atoms. The molecule has 1 aromatic rings. The van der Waals surface area contributed by atoms with E-state index in [2.05, 4.69) is 0 Å². The molecule has 2 aliphatic rings. The molecule has 120 valence electrons. The number of Topliss-reactive ketones (excluding diaryl/α,β-unsaturated/α-hetero) is 1. The molecule has 5 heteroatoms. The first-order valence-corrected chi connectivity index (χ1v) is 7.91. The van der Waals surface area contributed by atoms with E-state index < -0.39 is 0 Å². The first-order valence-electron chi connectivity index (χ1n) is 7.91. The second kappa shape index (κ2) is 5.23. The summed E-state index contributed by atoms with van der Waals surface area (Å²) >= 11 is 0. The van der Waals surface area contributed by atoms with Gasteiger partial charge in [-0.1, -0.05) is 13.8 Å². The van der Waals surface area contributed by atoms with Crippen LogP contribution in [0.25, 0.3) is 0 Å². The number of aliphatic hydroxyl groups is 1. The lowest BCUT2D eigenvalue weighted by molar-refractivity contribution is 0.0640. The van der Waals surface area contributed by atoms with Crippen LogP contribution < -0.4 is 0 Å². The highest BCUT2D eigenvalue weighted by atomic mass is 16.4. The fourth-order valence-corrected chi connectivity index (χ4v) is 3.71. The van der Waals surface area contributed by atoms with Crippen LogP contribution in [0.15, 0.2) is 4.42 Å². The van der Waals surface area contributed by atoms with Crippen LogP contribution in [0, 0.1) is 12.3 Å². The lowest BCUT2D eigenvalue weighted by atomic mass is 9.76. The Morgan fingerprint density at radius 3 is 2.82 bits per heavy atom. The van der Waals surface area contributed by atoms with Crippen molar-refractivity contribution in [3.63, 3.8) is 0 Å². The predicted octanol–water partition coefficient (Wildman–Crippen LogP) is 2.34. The van der Waals surface area contributed by atoms with Crippen LogP contribution in [0.1, 0.15) is 65.3 Å². The molecule has 0 unspecified atom stereocenters. The molecule has 2 heterocycles. The number of likely N-dealkylation sites (tertiary alicyclic amines) is 1. The van der Waals surface area contributed by atoms with Crippen molar-refractivity contribution in [1.82, 2.24) is 4.90 Å². The van der Waals surface area contributed by atoms with Gasteiger partial charge in [-0.05, 0) is 25.2 Å². The van der Waals surface area contributed by atoms with Gasteiger partial charge in [0, 0.05) is 24.9 Å². The molecule has 1 atom stereocenters. The van der Waals surface area contributed by atoms with Crippen molar-refractivity contribution >= 4 is 11.7 Å². The van der Waals surface area contributed by atoms with Crippen LogP contribution in [0.5, 0.6) is 0 Å². The summed E-state index contributed by atoms with van der Waals surface area (Å²) in [5, 5.41) is 9.40. The number of rotatable bonds is 2. The summed E-state index contributed by atoms with van der Waals surface area (Å²) in [5.74, 6) is 0.777. The largest absolute Gasteiger partial charge is 0.455 e. The van der Waals surface area contributed by atoms with E-state index in [1.165, 1.54) is 0 Å². The van der Waals surface area contributed by atoms with Gasteiger partial charge < -0.3 is 14.4 Å². The molecule has 0 saturated carbocycles. The highest BCUT2D eigenvalue weighted by Crippen LogP contribution is 2.39. The number of furan rings is 1. The number of ketones is 1. The van der Waals surface area contributed by atoms with Crippen LogP contribution in [-0.2, 0) is 6.42 Å². The molecule has 0 aromatic carbocycles. The molecule has 0 radical (unpaired) electrons. The Hall–Kier alpha value is -1.62. The van der Waals surface area contributed by atoms with Gasteiger partial charge in [-0.2, -0.15) is 0 Å². The summed E-state index contributed by atoms with van der Waals surface area (Å²) in [6.45, 7) is 6.46. The maximum atomic E-state index is 12.7. The average molecular weight is 305 g/mol. The highest BCUT2D eigenvalue weighted by molar-refractivity contribution is 6.03. The summed E-state index contributed by atoms with van der Waals surface area (Å²) < 4.78 is 5.82. The van der Waals surface area contributed by atoms with Gasteiger partial charge in [0.05, 0.1) is 18.2 Å². The SMILES string of the molecule is Cc1c(C(=O)N2CCC[C@@H]2CO)oc2c1C(=O)CC(C)(C)C2. The molecule has 1 aromatic heterocycles. The normalized spacial score (nSPS) is 23.7. The molecule has 3 rings (SSSR count). The average Bonchev–Trinajstić information content (AvgIpc) is 3.01. The number of hydrogen-bond donors (Lipinski definition) is 1. The first-order chi connectivity index (χ1) is 10.3. The van der Waals surface area contributed by atoms with Gasteiger partial charge in [0.15, 0.2) is 11.5 Å². The molecule has 0 bridgehead atoms. The lowest BCUT2D eigenvalue weighted by Gasteiger charge is -2.27. The van der Waals surface area contributed by atoms with Crippen LogP contribution in [0.4, 0.5) is 0 Å². The van der Waals surface area contributed by atoms with Crippen molar-refractivity contribution in [2.45, 2.75) is 52.5 Å². The maximum absolute atomic E-state index is 12.7. The van der Waals surface area contributed by atoms with Crippen molar-refractivity contribution in [3.8, 4) is 0 Å². The summed E-state index contributed by atoms with van der Waals surface area (Å²) in [6.07, 6.45) is 2.86. The first kappa shape index (κ1) is 15.3. The number of carbonyl (C=O) groups is 2. The van der Waals surface area contributed by atoms with Crippen molar-refractivity contribution in [2.24, 2.45) is 5.41 Å². The molecule has 1 fully saturated rings. The third-order valence-electron chi connectivity index (χ3n) is 4.82. The maximum Gasteiger partial charge on any atom is 0.290 e. The zero-order chi connectivity index (χ0) is 16.1. The molecule has 22 heavy (non-hydrogen) atoms. The summed E-state index contributed by atoms with van der Waals surface area (Å²) in [7, 11) is 0. The smallest absolute Gasteiger partial charge is 0.290 e. The van der Waals surface area contributed by atoms with Gasteiger partial charge in [0.2, 0.25) is 0 Å². The fourth-order valence-electron chi connectivity index (χ4n) is 3.71. The van der Waals surface area contributed by atoms with E-state index in [9.17, 15) is 14.7 Å². The van der Waals surface area contributed by atoms with Crippen molar-refractivity contribution in [1.29, 1.82) is 0 Å². The fraction of sp³-hybridized carbons (Fsp3) is 0.647. The van der Waals surface area contributed by atoms with E-state index in [0.29, 0.717) is 36.3 Å². The minimum atomic E-state index is -0.200. The van der Waals surface area contributed by atoms with Gasteiger partial charge in [-0.25, -0.2) is 0 Å². The van der Waals surface area contributed by atoms with Crippen molar-refractivity contribution in [3.05, 3.63) is 22.6 Å². The monoisotopic (exact) mass is 305 g/mol. The number of carbonyl (C=O) groups excluding carboxylic acids is 2. The molecule has 5 nitrogen and oxygen atoms in total. The molecular formula is C17H23NO4. The number of nitrogens with zero attached hydrogens (tertiary/aromatic N) is 1.